The van der Waals surface area contributed by atoms with Gasteiger partial charge >= 0.3 is 0 Å². The minimum Gasteiger partial charge on any atom is -0.317 e. The largest absolute Gasteiger partial charge is 0.317 e. The molecular formula is C14H23N. The molecule has 0 amide bonds. The van der Waals surface area contributed by atoms with Crippen LogP contribution in [0.3, 0.4) is 0 Å². The van der Waals surface area contributed by atoms with Crippen LogP contribution in [0.5, 0.6) is 0 Å². The van der Waals surface area contributed by atoms with Crippen molar-refractivity contribution < 1.29 is 0 Å². The predicted molar refractivity (Wildman–Crippen MR) is 67.1 cm³/mol. The number of rotatable bonds is 4. The molecule has 0 heterocycles. The zero-order valence-electron chi connectivity index (χ0n) is 10.4. The lowest BCUT2D eigenvalue weighted by Crippen LogP contribution is -2.31. The van der Waals surface area contributed by atoms with Crippen LogP contribution < -0.4 is 5.32 Å². The molecule has 1 heteroatoms. The average molecular weight is 205 g/mol. The van der Waals surface area contributed by atoms with Crippen molar-refractivity contribution in [1.82, 2.24) is 5.32 Å². The minimum atomic E-state index is 0.391. The maximum atomic E-state index is 3.41. The average Bonchev–Trinajstić information content (AvgIpc) is 2.16. The fraction of sp³-hybridized carbons (Fsp3) is 0.571. The van der Waals surface area contributed by atoms with E-state index < -0.39 is 0 Å². The van der Waals surface area contributed by atoms with Crippen LogP contribution in [-0.2, 0) is 6.42 Å². The Balaban J connectivity index is 2.55. The van der Waals surface area contributed by atoms with Crippen molar-refractivity contribution in [3.63, 3.8) is 0 Å². The molecule has 0 aliphatic carbocycles. The molecule has 1 aromatic rings. The van der Waals surface area contributed by atoms with E-state index in [1.165, 1.54) is 12.0 Å². The number of hydrogen-bond acceptors (Lipinski definition) is 1. The lowest BCUT2D eigenvalue weighted by molar-refractivity contribution is 0.316. The molecular weight excluding hydrogens is 182 g/mol. The lowest BCUT2D eigenvalue weighted by atomic mass is 9.86. The minimum absolute atomic E-state index is 0.391. The summed E-state index contributed by atoms with van der Waals surface area (Å²) in [7, 11) is 2.05. The van der Waals surface area contributed by atoms with Gasteiger partial charge in [-0.1, -0.05) is 51.1 Å². The van der Waals surface area contributed by atoms with Gasteiger partial charge in [-0.2, -0.15) is 0 Å². The molecule has 0 spiro atoms. The third kappa shape index (κ3) is 4.98. The van der Waals surface area contributed by atoms with Crippen molar-refractivity contribution in [3.05, 3.63) is 35.9 Å². The summed E-state index contributed by atoms with van der Waals surface area (Å²) in [4.78, 5) is 0. The summed E-state index contributed by atoms with van der Waals surface area (Å²) < 4.78 is 0. The summed E-state index contributed by atoms with van der Waals surface area (Å²) >= 11 is 0. The van der Waals surface area contributed by atoms with Gasteiger partial charge in [-0.05, 0) is 30.9 Å². The molecule has 0 radical (unpaired) electrons. The van der Waals surface area contributed by atoms with Gasteiger partial charge in [0.05, 0.1) is 0 Å². The Labute approximate surface area is 93.9 Å². The summed E-state index contributed by atoms with van der Waals surface area (Å²) in [6, 6.07) is 11.3. The Morgan fingerprint density at radius 1 is 1.13 bits per heavy atom. The molecule has 84 valence electrons. The van der Waals surface area contributed by atoms with Crippen LogP contribution in [0.15, 0.2) is 30.3 Å². The van der Waals surface area contributed by atoms with Gasteiger partial charge in [0.15, 0.2) is 0 Å². The van der Waals surface area contributed by atoms with Crippen LogP contribution in [0.4, 0.5) is 0 Å². The van der Waals surface area contributed by atoms with E-state index in [1.807, 2.05) is 0 Å². The summed E-state index contributed by atoms with van der Waals surface area (Å²) in [5.41, 5.74) is 1.81. The summed E-state index contributed by atoms with van der Waals surface area (Å²) in [6.07, 6.45) is 2.33. The molecule has 0 bridgehead atoms. The van der Waals surface area contributed by atoms with E-state index in [2.05, 4.69) is 63.5 Å². The van der Waals surface area contributed by atoms with E-state index in [4.69, 9.17) is 0 Å². The van der Waals surface area contributed by atoms with Gasteiger partial charge in [-0.25, -0.2) is 0 Å². The van der Waals surface area contributed by atoms with Gasteiger partial charge in [-0.3, -0.25) is 0 Å². The Hall–Kier alpha value is -0.820. The van der Waals surface area contributed by atoms with Crippen molar-refractivity contribution in [2.75, 3.05) is 7.05 Å². The van der Waals surface area contributed by atoms with Crippen molar-refractivity contribution in [2.24, 2.45) is 5.41 Å². The molecule has 0 saturated heterocycles. The van der Waals surface area contributed by atoms with Gasteiger partial charge in [0.1, 0.15) is 0 Å². The Bertz CT molecular complexity index is 271. The second-order valence-electron chi connectivity index (χ2n) is 5.44. The van der Waals surface area contributed by atoms with Crippen molar-refractivity contribution in [2.45, 2.75) is 39.7 Å². The second-order valence-corrected chi connectivity index (χ2v) is 5.44. The van der Waals surface area contributed by atoms with Crippen LogP contribution in [0.2, 0.25) is 0 Å². The molecule has 1 nitrogen and oxygen atoms in total. The monoisotopic (exact) mass is 205 g/mol. The zero-order chi connectivity index (χ0) is 11.3. The first-order valence-electron chi connectivity index (χ1n) is 5.72. The predicted octanol–water partition coefficient (Wildman–Crippen LogP) is 3.25. The van der Waals surface area contributed by atoms with Crippen LogP contribution >= 0.6 is 0 Å². The smallest absolute Gasteiger partial charge is 0.0109 e. The maximum absolute atomic E-state index is 3.41. The van der Waals surface area contributed by atoms with E-state index in [-0.39, 0.29) is 0 Å². The van der Waals surface area contributed by atoms with Crippen molar-refractivity contribution in [3.8, 4) is 0 Å². The Morgan fingerprint density at radius 3 is 2.20 bits per heavy atom. The summed E-state index contributed by atoms with van der Waals surface area (Å²) in [6.45, 7) is 6.88. The first-order valence-corrected chi connectivity index (χ1v) is 5.72. The molecule has 1 rings (SSSR count). The number of likely N-dealkylation sites (N-methyl/N-ethyl adjacent to an activating group) is 1. The van der Waals surface area contributed by atoms with Crippen LogP contribution in [-0.4, -0.2) is 13.1 Å². The van der Waals surface area contributed by atoms with Gasteiger partial charge in [0.25, 0.3) is 0 Å². The molecule has 1 unspecified atom stereocenters. The summed E-state index contributed by atoms with van der Waals surface area (Å²) in [5.74, 6) is 0. The fourth-order valence-electron chi connectivity index (χ4n) is 1.91. The third-order valence-corrected chi connectivity index (χ3v) is 2.59. The molecule has 0 aromatic heterocycles. The molecule has 15 heavy (non-hydrogen) atoms. The number of benzene rings is 1. The van der Waals surface area contributed by atoms with Gasteiger partial charge in [-0.15, -0.1) is 0 Å². The van der Waals surface area contributed by atoms with E-state index in [1.54, 1.807) is 0 Å². The quantitative estimate of drug-likeness (QED) is 0.795. The van der Waals surface area contributed by atoms with Crippen LogP contribution in [0.1, 0.15) is 32.8 Å². The first kappa shape index (κ1) is 12.3. The van der Waals surface area contributed by atoms with E-state index in [0.29, 0.717) is 11.5 Å². The lowest BCUT2D eigenvalue weighted by Gasteiger charge is -2.25. The summed E-state index contributed by atoms with van der Waals surface area (Å²) in [5, 5.41) is 3.41. The SMILES string of the molecule is CNC(Cc1ccccc1)CC(C)(C)C. The molecule has 1 atom stereocenters. The molecule has 0 saturated carbocycles. The Kier molecular flexibility index (Phi) is 4.34. The highest BCUT2D eigenvalue weighted by molar-refractivity contribution is 5.15. The number of hydrogen-bond donors (Lipinski definition) is 1. The second kappa shape index (κ2) is 5.32. The highest BCUT2D eigenvalue weighted by atomic mass is 14.9. The van der Waals surface area contributed by atoms with Crippen LogP contribution in [0.25, 0.3) is 0 Å². The molecule has 1 aromatic carbocycles. The standard InChI is InChI=1S/C14H23N/c1-14(2,3)11-13(15-4)10-12-8-6-5-7-9-12/h5-9,13,15H,10-11H2,1-4H3. The molecule has 1 N–H and O–H groups in total. The van der Waals surface area contributed by atoms with Crippen molar-refractivity contribution >= 4 is 0 Å². The van der Waals surface area contributed by atoms with E-state index in [9.17, 15) is 0 Å². The first-order chi connectivity index (χ1) is 7.01. The highest BCUT2D eigenvalue weighted by Crippen LogP contribution is 2.22. The maximum Gasteiger partial charge on any atom is 0.0109 e. The third-order valence-electron chi connectivity index (χ3n) is 2.59. The zero-order valence-corrected chi connectivity index (χ0v) is 10.4. The normalized spacial score (nSPS) is 13.9. The van der Waals surface area contributed by atoms with E-state index >= 15 is 0 Å². The van der Waals surface area contributed by atoms with E-state index in [0.717, 1.165) is 6.42 Å². The Morgan fingerprint density at radius 2 is 1.73 bits per heavy atom. The van der Waals surface area contributed by atoms with Crippen molar-refractivity contribution in [1.29, 1.82) is 0 Å². The molecule has 0 aliphatic heterocycles. The van der Waals surface area contributed by atoms with Gasteiger partial charge < -0.3 is 5.32 Å². The topological polar surface area (TPSA) is 12.0 Å². The molecule has 0 fully saturated rings. The van der Waals surface area contributed by atoms with Gasteiger partial charge in [0, 0.05) is 6.04 Å². The molecule has 0 aliphatic rings. The highest BCUT2D eigenvalue weighted by Gasteiger charge is 2.17. The van der Waals surface area contributed by atoms with Gasteiger partial charge in [0.2, 0.25) is 0 Å². The number of nitrogens with one attached hydrogen (secondary N) is 1. The fourth-order valence-corrected chi connectivity index (χ4v) is 1.91. The van der Waals surface area contributed by atoms with Crippen LogP contribution in [0, 0.1) is 5.41 Å².